The molecule has 2 aromatic rings. The first-order valence-corrected chi connectivity index (χ1v) is 12.1. The summed E-state index contributed by atoms with van der Waals surface area (Å²) in [5.41, 5.74) is 0.711. The number of rotatable bonds is 9. The van der Waals surface area contributed by atoms with Crippen molar-refractivity contribution in [2.24, 2.45) is 0 Å². The van der Waals surface area contributed by atoms with Crippen LogP contribution >= 0.6 is 11.6 Å². The molecule has 0 saturated heterocycles. The molecule has 0 aliphatic heterocycles. The summed E-state index contributed by atoms with van der Waals surface area (Å²) in [5.74, 6) is -0.0422. The van der Waals surface area contributed by atoms with E-state index in [1.807, 2.05) is 6.92 Å². The van der Waals surface area contributed by atoms with Crippen molar-refractivity contribution in [3.8, 4) is 0 Å². The number of carbonyl (C=O) groups is 2. The van der Waals surface area contributed by atoms with Crippen molar-refractivity contribution in [3.63, 3.8) is 0 Å². The zero-order chi connectivity index (χ0) is 24.8. The van der Waals surface area contributed by atoms with Crippen molar-refractivity contribution >= 4 is 40.6 Å². The second-order valence-corrected chi connectivity index (χ2v) is 9.89. The van der Waals surface area contributed by atoms with E-state index in [0.717, 1.165) is 22.7 Å². The zero-order valence-corrected chi connectivity index (χ0v) is 21.1. The molecule has 0 radical (unpaired) electrons. The maximum atomic E-state index is 12.7. The minimum Gasteiger partial charge on any atom is -0.444 e. The van der Waals surface area contributed by atoms with Crippen molar-refractivity contribution in [2.75, 3.05) is 11.9 Å². The van der Waals surface area contributed by atoms with Crippen LogP contribution in [0, 0.1) is 6.92 Å². The second-order valence-electron chi connectivity index (χ2n) is 8.58. The molecule has 0 aliphatic rings. The summed E-state index contributed by atoms with van der Waals surface area (Å²) < 4.78 is 29.1. The van der Waals surface area contributed by atoms with Crippen LogP contribution in [0.1, 0.15) is 68.8 Å². The number of ether oxygens (including phenoxy) is 1. The van der Waals surface area contributed by atoms with E-state index in [0.29, 0.717) is 29.5 Å². The van der Waals surface area contributed by atoms with Crippen molar-refractivity contribution in [2.45, 2.75) is 66.0 Å². The van der Waals surface area contributed by atoms with Gasteiger partial charge in [0.2, 0.25) is 0 Å². The van der Waals surface area contributed by atoms with Crippen LogP contribution in [0.2, 0.25) is 5.02 Å². The van der Waals surface area contributed by atoms with Gasteiger partial charge in [0, 0.05) is 23.5 Å². The van der Waals surface area contributed by atoms with Crippen LogP contribution in [0.4, 0.5) is 10.5 Å². The molecule has 1 unspecified atom stereocenters. The van der Waals surface area contributed by atoms with Crippen LogP contribution in [-0.2, 0) is 22.5 Å². The number of nitrogens with one attached hydrogen (secondary N) is 1. The number of carbonyl (C=O) groups excluding carboxylic acids is 2. The van der Waals surface area contributed by atoms with E-state index in [-0.39, 0.29) is 12.2 Å². The molecule has 1 atom stereocenters. The molecule has 0 bridgehead atoms. The number of aromatic nitrogens is 2. The Balaban J connectivity index is 2.13. The molecule has 0 saturated carbocycles. The molecule has 0 fully saturated rings. The molecule has 2 rings (SSSR count). The van der Waals surface area contributed by atoms with E-state index >= 15 is 0 Å². The van der Waals surface area contributed by atoms with Crippen LogP contribution in [0.15, 0.2) is 24.4 Å². The van der Waals surface area contributed by atoms with E-state index in [4.69, 9.17) is 16.3 Å². The first kappa shape index (κ1) is 26.8. The van der Waals surface area contributed by atoms with Gasteiger partial charge in [-0.25, -0.2) is 18.3 Å². The molecule has 1 aromatic heterocycles. The molecule has 1 aromatic carbocycles. The number of imidazole rings is 1. The fourth-order valence-electron chi connectivity index (χ4n) is 3.01. The SMILES string of the molecule is CCCCCN(C(=O)c1cn(Cc2ccc(NC(=O)OC(C)(C)C)cc2Cl)c(C)n1)S(=O)O. The Hall–Kier alpha value is -2.43. The Morgan fingerprint density at radius 1 is 1.30 bits per heavy atom. The van der Waals surface area contributed by atoms with Crippen LogP contribution in [-0.4, -0.2) is 46.8 Å². The van der Waals surface area contributed by atoms with Gasteiger partial charge in [0.1, 0.15) is 17.1 Å². The van der Waals surface area contributed by atoms with Gasteiger partial charge < -0.3 is 9.30 Å². The van der Waals surface area contributed by atoms with E-state index in [2.05, 4.69) is 10.3 Å². The number of anilines is 1. The molecule has 1 heterocycles. The smallest absolute Gasteiger partial charge is 0.412 e. The summed E-state index contributed by atoms with van der Waals surface area (Å²) in [6, 6.07) is 5.08. The summed E-state index contributed by atoms with van der Waals surface area (Å²) >= 11 is 3.98. The molecule has 182 valence electrons. The average molecular weight is 499 g/mol. The molecule has 33 heavy (non-hydrogen) atoms. The molecule has 2 amide bonds. The van der Waals surface area contributed by atoms with Crippen molar-refractivity contribution < 1.29 is 23.1 Å². The fraction of sp³-hybridized carbons (Fsp3) is 0.500. The first-order chi connectivity index (χ1) is 15.4. The molecular formula is C22H31ClN4O5S. The highest BCUT2D eigenvalue weighted by molar-refractivity contribution is 7.77. The quantitative estimate of drug-likeness (QED) is 0.371. The lowest BCUT2D eigenvalue weighted by molar-refractivity contribution is 0.0635. The number of halogens is 1. The number of benzene rings is 1. The van der Waals surface area contributed by atoms with Gasteiger partial charge in [-0.05, 0) is 51.8 Å². The van der Waals surface area contributed by atoms with Crippen LogP contribution in [0.25, 0.3) is 0 Å². The number of hydrogen-bond donors (Lipinski definition) is 2. The normalized spacial score (nSPS) is 12.3. The van der Waals surface area contributed by atoms with Gasteiger partial charge in [0.15, 0.2) is 0 Å². The topological polar surface area (TPSA) is 114 Å². The highest BCUT2D eigenvalue weighted by Crippen LogP contribution is 2.23. The monoisotopic (exact) mass is 498 g/mol. The number of hydrogen-bond acceptors (Lipinski definition) is 5. The Kier molecular flexibility index (Phi) is 9.45. The third kappa shape index (κ3) is 8.13. The molecule has 2 N–H and O–H groups in total. The predicted octanol–water partition coefficient (Wildman–Crippen LogP) is 5.01. The van der Waals surface area contributed by atoms with Gasteiger partial charge in [0.05, 0.1) is 6.54 Å². The van der Waals surface area contributed by atoms with E-state index in [9.17, 15) is 18.4 Å². The largest absolute Gasteiger partial charge is 0.444 e. The maximum absolute atomic E-state index is 12.7. The second kappa shape index (κ2) is 11.6. The minimum atomic E-state index is -2.42. The van der Waals surface area contributed by atoms with Crippen LogP contribution < -0.4 is 5.32 Å². The van der Waals surface area contributed by atoms with E-state index < -0.39 is 28.9 Å². The van der Waals surface area contributed by atoms with Gasteiger partial charge in [-0.15, -0.1) is 0 Å². The molecule has 0 spiro atoms. The summed E-state index contributed by atoms with van der Waals surface area (Å²) in [6.45, 7) is 9.58. The summed E-state index contributed by atoms with van der Waals surface area (Å²) in [5, 5.41) is 3.06. The third-order valence-corrected chi connectivity index (χ3v) is 5.69. The standard InChI is InChI=1S/C22H31ClN4O5S/c1-6-7-8-11-27(33(30)31)20(28)19-14-26(15(2)24-19)13-16-9-10-17(12-18(16)23)25-21(29)32-22(3,4)5/h9-10,12,14H,6-8,11,13H2,1-5H3,(H,25,29)(H,30,31). The summed E-state index contributed by atoms with van der Waals surface area (Å²) in [4.78, 5) is 28.9. The Bertz CT molecular complexity index is 1020. The number of aryl methyl sites for hydroxylation is 1. The van der Waals surface area contributed by atoms with Gasteiger partial charge in [0.25, 0.3) is 17.2 Å². The molecule has 0 aliphatic carbocycles. The number of nitrogens with zero attached hydrogens (tertiary/aromatic N) is 3. The summed E-state index contributed by atoms with van der Waals surface area (Å²) in [6.07, 6.45) is 3.38. The van der Waals surface area contributed by atoms with Gasteiger partial charge >= 0.3 is 6.09 Å². The Morgan fingerprint density at radius 2 is 2.00 bits per heavy atom. The van der Waals surface area contributed by atoms with Crippen LogP contribution in [0.3, 0.4) is 0 Å². The van der Waals surface area contributed by atoms with Gasteiger partial charge in [-0.2, -0.15) is 0 Å². The van der Waals surface area contributed by atoms with Crippen molar-refractivity contribution in [1.82, 2.24) is 13.9 Å². The highest BCUT2D eigenvalue weighted by Gasteiger charge is 2.23. The fourth-order valence-corrected chi connectivity index (χ4v) is 3.77. The Labute approximate surface area is 201 Å². The van der Waals surface area contributed by atoms with E-state index in [1.54, 1.807) is 56.7 Å². The molecule has 11 heteroatoms. The van der Waals surface area contributed by atoms with Crippen LogP contribution in [0.5, 0.6) is 0 Å². The lowest BCUT2D eigenvalue weighted by atomic mass is 10.2. The summed E-state index contributed by atoms with van der Waals surface area (Å²) in [7, 11) is 0. The first-order valence-electron chi connectivity index (χ1n) is 10.7. The number of amides is 2. The maximum Gasteiger partial charge on any atom is 0.412 e. The lowest BCUT2D eigenvalue weighted by Gasteiger charge is -2.19. The predicted molar refractivity (Wildman–Crippen MR) is 129 cm³/mol. The van der Waals surface area contributed by atoms with Gasteiger partial charge in [-0.3, -0.25) is 14.7 Å². The van der Waals surface area contributed by atoms with Crippen molar-refractivity contribution in [1.29, 1.82) is 0 Å². The third-order valence-electron chi connectivity index (χ3n) is 4.61. The van der Waals surface area contributed by atoms with Gasteiger partial charge in [-0.1, -0.05) is 37.4 Å². The number of unbranched alkanes of at least 4 members (excludes halogenated alkanes) is 2. The average Bonchev–Trinajstić information content (AvgIpc) is 3.05. The minimum absolute atomic E-state index is 0.0886. The highest BCUT2D eigenvalue weighted by atomic mass is 35.5. The lowest BCUT2D eigenvalue weighted by Crippen LogP contribution is -2.33. The van der Waals surface area contributed by atoms with Crippen molar-refractivity contribution in [3.05, 3.63) is 46.5 Å². The Morgan fingerprint density at radius 3 is 2.58 bits per heavy atom. The molecule has 9 nitrogen and oxygen atoms in total. The molecular weight excluding hydrogens is 468 g/mol. The zero-order valence-electron chi connectivity index (χ0n) is 19.6. The van der Waals surface area contributed by atoms with E-state index in [1.165, 1.54) is 0 Å².